The summed E-state index contributed by atoms with van der Waals surface area (Å²) in [6.07, 6.45) is 3.75. The third-order valence-corrected chi connectivity index (χ3v) is 6.93. The normalized spacial score (nSPS) is 18.6. The van der Waals surface area contributed by atoms with E-state index in [-0.39, 0.29) is 0 Å². The largest absolute Gasteiger partial charge is 0.546 e. The van der Waals surface area contributed by atoms with Crippen LogP contribution in [0.25, 0.3) is 0 Å². The second kappa shape index (κ2) is 11.5. The molecule has 1 fully saturated rings. The van der Waals surface area contributed by atoms with Crippen LogP contribution in [0.5, 0.6) is 0 Å². The van der Waals surface area contributed by atoms with Crippen molar-refractivity contribution in [1.82, 2.24) is 0 Å². The van der Waals surface area contributed by atoms with Crippen molar-refractivity contribution in [1.29, 1.82) is 0 Å². The summed E-state index contributed by atoms with van der Waals surface area (Å²) in [6, 6.07) is 0. The number of rotatable bonds is 11. The first-order valence-corrected chi connectivity index (χ1v) is 9.42. The molecule has 0 amide bonds. The van der Waals surface area contributed by atoms with Crippen molar-refractivity contribution in [2.45, 2.75) is 31.6 Å². The van der Waals surface area contributed by atoms with E-state index in [2.05, 4.69) is 13.2 Å². The van der Waals surface area contributed by atoms with Crippen molar-refractivity contribution in [3.8, 4) is 0 Å². The maximum atomic E-state index is 11.3. The van der Waals surface area contributed by atoms with Crippen LogP contribution >= 0.6 is 0 Å². The highest BCUT2D eigenvalue weighted by Gasteiger charge is 2.59. The number of carbonyl (C=O) groups is 1. The Morgan fingerprint density at radius 3 is 2.17 bits per heavy atom. The third kappa shape index (κ3) is 6.84. The van der Waals surface area contributed by atoms with Crippen LogP contribution in [0.15, 0.2) is 25.3 Å². The van der Waals surface area contributed by atoms with Gasteiger partial charge in [0.25, 0.3) is 0 Å². The molecule has 8 heteroatoms. The van der Waals surface area contributed by atoms with Crippen molar-refractivity contribution >= 4 is 14.8 Å². The Labute approximate surface area is 145 Å². The van der Waals surface area contributed by atoms with Gasteiger partial charge in [-0.25, -0.2) is 4.79 Å². The molecule has 7 nitrogen and oxygen atoms in total. The summed E-state index contributed by atoms with van der Waals surface area (Å²) in [5.74, 6) is -0.521. The zero-order valence-electron chi connectivity index (χ0n) is 15.3. The summed E-state index contributed by atoms with van der Waals surface area (Å²) < 4.78 is 31.2. The van der Waals surface area contributed by atoms with E-state index in [1.165, 1.54) is 21.3 Å². The van der Waals surface area contributed by atoms with Crippen LogP contribution in [0.3, 0.4) is 0 Å². The Morgan fingerprint density at radius 1 is 1.29 bits per heavy atom. The Bertz CT molecular complexity index is 386. The molecule has 1 aliphatic rings. The smallest absolute Gasteiger partial charge is 0.452 e. The molecule has 0 spiro atoms. The van der Waals surface area contributed by atoms with Crippen LogP contribution in [0, 0.1) is 0 Å². The van der Waals surface area contributed by atoms with Gasteiger partial charge in [0.15, 0.2) is 5.22 Å². The maximum Gasteiger partial charge on any atom is 0.546 e. The highest BCUT2D eigenvalue weighted by molar-refractivity contribution is 6.64. The summed E-state index contributed by atoms with van der Waals surface area (Å²) >= 11 is 0. The van der Waals surface area contributed by atoms with E-state index in [0.717, 1.165) is 19.3 Å². The van der Waals surface area contributed by atoms with Gasteiger partial charge in [0.2, 0.25) is 0 Å². The van der Waals surface area contributed by atoms with Crippen molar-refractivity contribution < 1.29 is 32.3 Å². The molecule has 140 valence electrons. The molecule has 0 aromatic heterocycles. The van der Waals surface area contributed by atoms with Crippen LogP contribution < -0.4 is 0 Å². The average molecular weight is 362 g/mol. The predicted octanol–water partition coefficient (Wildman–Crippen LogP) is 1.89. The van der Waals surface area contributed by atoms with Crippen molar-refractivity contribution in [3.05, 3.63) is 25.3 Å². The van der Waals surface area contributed by atoms with E-state index in [1.54, 1.807) is 13.0 Å². The van der Waals surface area contributed by atoms with E-state index in [9.17, 15) is 4.79 Å². The molecule has 0 aromatic carbocycles. The minimum atomic E-state index is -3.04. The lowest BCUT2D eigenvalue weighted by Crippen LogP contribution is -2.63. The summed E-state index contributed by atoms with van der Waals surface area (Å²) in [6.45, 7) is 12.7. The highest BCUT2D eigenvalue weighted by Crippen LogP contribution is 2.30. The van der Waals surface area contributed by atoms with E-state index in [4.69, 9.17) is 27.5 Å². The van der Waals surface area contributed by atoms with Gasteiger partial charge in [0.1, 0.15) is 6.10 Å². The molecule has 2 atom stereocenters. The van der Waals surface area contributed by atoms with Crippen molar-refractivity contribution in [3.63, 3.8) is 0 Å². The topological polar surface area (TPSA) is 75.8 Å². The summed E-state index contributed by atoms with van der Waals surface area (Å²) in [7, 11) is 1.40. The Hall–Kier alpha value is -1.03. The van der Waals surface area contributed by atoms with Gasteiger partial charge in [-0.2, -0.15) is 0 Å². The van der Waals surface area contributed by atoms with Crippen LogP contribution in [0.1, 0.15) is 20.3 Å². The van der Waals surface area contributed by atoms with Gasteiger partial charge >= 0.3 is 14.8 Å². The Kier molecular flexibility index (Phi) is 11.0. The quantitative estimate of drug-likeness (QED) is 0.139. The first kappa shape index (κ1) is 23.0. The third-order valence-electron chi connectivity index (χ3n) is 3.56. The minimum Gasteiger partial charge on any atom is -0.452 e. The SMILES string of the molecule is C=CC(=O)OC(C)(CC)[Si](OC)(OC)OC.C=CCOCC1CO1. The molecule has 24 heavy (non-hydrogen) atoms. The van der Waals surface area contributed by atoms with Crippen LogP contribution in [0.4, 0.5) is 0 Å². The first-order valence-electron chi connectivity index (χ1n) is 7.69. The molecule has 0 aromatic rings. The lowest BCUT2D eigenvalue weighted by molar-refractivity contribution is -0.151. The Morgan fingerprint density at radius 2 is 1.83 bits per heavy atom. The standard InChI is InChI=1S/C10H20O5Si.C6H10O2/c1-7-9(11)15-10(3,8-2)16(12-4,13-5)14-6;1-2-3-7-4-6-5-8-6/h7H,1,8H2,2-6H3;2,6H,1,3-5H2. The molecule has 2 unspecified atom stereocenters. The number of hydrogen-bond donors (Lipinski definition) is 0. The van der Waals surface area contributed by atoms with Gasteiger partial charge in [-0.1, -0.05) is 19.6 Å². The molecule has 1 rings (SSSR count). The Balaban J connectivity index is 0.000000546. The second-order valence-electron chi connectivity index (χ2n) is 5.16. The van der Waals surface area contributed by atoms with Gasteiger partial charge in [0, 0.05) is 27.4 Å². The van der Waals surface area contributed by atoms with Crippen LogP contribution in [-0.2, 0) is 32.3 Å². The molecular weight excluding hydrogens is 332 g/mol. The molecule has 0 saturated carbocycles. The second-order valence-corrected chi connectivity index (χ2v) is 8.55. The molecule has 0 bridgehead atoms. The molecule has 0 radical (unpaired) electrons. The fraction of sp³-hybridized carbons (Fsp3) is 0.688. The van der Waals surface area contributed by atoms with E-state index >= 15 is 0 Å². The summed E-state index contributed by atoms with van der Waals surface area (Å²) in [5, 5.41) is -0.920. The number of hydrogen-bond acceptors (Lipinski definition) is 7. The lowest BCUT2D eigenvalue weighted by atomic mass is 10.3. The molecule has 1 aliphatic heterocycles. The zero-order valence-corrected chi connectivity index (χ0v) is 16.3. The fourth-order valence-electron chi connectivity index (χ4n) is 1.96. The first-order chi connectivity index (χ1) is 11.4. The number of esters is 1. The number of ether oxygens (including phenoxy) is 3. The van der Waals surface area contributed by atoms with Gasteiger partial charge in [-0.3, -0.25) is 0 Å². The molecule has 0 N–H and O–H groups in total. The number of epoxide rings is 1. The van der Waals surface area contributed by atoms with Crippen molar-refractivity contribution in [2.75, 3.05) is 41.2 Å². The van der Waals surface area contributed by atoms with Crippen LogP contribution in [-0.4, -0.2) is 67.3 Å². The average Bonchev–Trinajstić information content (AvgIpc) is 3.42. The molecule has 1 heterocycles. The van der Waals surface area contributed by atoms with Gasteiger partial charge in [-0.15, -0.1) is 6.58 Å². The van der Waals surface area contributed by atoms with Gasteiger partial charge < -0.3 is 27.5 Å². The lowest BCUT2D eigenvalue weighted by Gasteiger charge is -2.39. The number of carbonyl (C=O) groups excluding carboxylic acids is 1. The summed E-state index contributed by atoms with van der Waals surface area (Å²) in [4.78, 5) is 11.3. The van der Waals surface area contributed by atoms with E-state index < -0.39 is 20.0 Å². The monoisotopic (exact) mass is 362 g/mol. The van der Waals surface area contributed by atoms with E-state index in [1.807, 2.05) is 6.92 Å². The van der Waals surface area contributed by atoms with Crippen LogP contribution in [0.2, 0.25) is 0 Å². The highest BCUT2D eigenvalue weighted by atomic mass is 28.4. The van der Waals surface area contributed by atoms with Crippen molar-refractivity contribution in [2.24, 2.45) is 0 Å². The molecule has 1 saturated heterocycles. The summed E-state index contributed by atoms with van der Waals surface area (Å²) in [5.41, 5.74) is 0. The molecular formula is C16H30O7Si. The molecule has 0 aliphatic carbocycles. The maximum absolute atomic E-state index is 11.3. The van der Waals surface area contributed by atoms with Gasteiger partial charge in [-0.05, 0) is 13.3 Å². The fourth-order valence-corrected chi connectivity index (χ4v) is 4.41. The zero-order chi connectivity index (χ0) is 18.6. The minimum absolute atomic E-state index is 0.384. The van der Waals surface area contributed by atoms with Gasteiger partial charge in [0.05, 0.1) is 19.8 Å². The predicted molar refractivity (Wildman–Crippen MR) is 92.5 cm³/mol. The van der Waals surface area contributed by atoms with E-state index in [0.29, 0.717) is 19.1 Å².